The van der Waals surface area contributed by atoms with Crippen LogP contribution in [-0.2, 0) is 19.6 Å². The summed E-state index contributed by atoms with van der Waals surface area (Å²) in [6.07, 6.45) is 2.60. The second kappa shape index (κ2) is 7.93. The Kier molecular flexibility index (Phi) is 5.24. The molecule has 0 bridgehead atoms. The molecule has 5 rings (SSSR count). The van der Waals surface area contributed by atoms with Gasteiger partial charge in [0.2, 0.25) is 0 Å². The molecule has 2 aliphatic rings. The van der Waals surface area contributed by atoms with Gasteiger partial charge in [0, 0.05) is 49.3 Å². The predicted octanol–water partition coefficient (Wildman–Crippen LogP) is 2.58. The number of fused-ring (bicyclic) bond motifs is 2. The van der Waals surface area contributed by atoms with Gasteiger partial charge in [0.05, 0.1) is 25.8 Å². The summed E-state index contributed by atoms with van der Waals surface area (Å²) in [5, 5.41) is 20.8. The van der Waals surface area contributed by atoms with E-state index in [0.29, 0.717) is 19.0 Å². The van der Waals surface area contributed by atoms with Crippen molar-refractivity contribution in [3.05, 3.63) is 41.6 Å². The van der Waals surface area contributed by atoms with E-state index < -0.39 is 0 Å². The number of methoxy groups -OCH3 is 1. The van der Waals surface area contributed by atoms with E-state index in [0.717, 1.165) is 43.6 Å². The van der Waals surface area contributed by atoms with Gasteiger partial charge in [0.25, 0.3) is 0 Å². The third kappa shape index (κ3) is 3.62. The van der Waals surface area contributed by atoms with Crippen LogP contribution in [0.25, 0.3) is 10.9 Å². The first-order valence-corrected chi connectivity index (χ1v) is 11.1. The third-order valence-electron chi connectivity index (χ3n) is 6.70. The number of hydrogen-bond donors (Lipinski definition) is 1. The first kappa shape index (κ1) is 20.5. The van der Waals surface area contributed by atoms with Gasteiger partial charge in [-0.15, -0.1) is 10.2 Å². The van der Waals surface area contributed by atoms with Crippen LogP contribution in [0.2, 0.25) is 0 Å². The SMILES string of the molecule is COc1ccc2c(c1)c(CN1C[C@@H](O)C[C@H]1c1nnc3n1CCN(C)C3)cn2C(C)C. The maximum atomic E-state index is 10.5. The zero-order valence-electron chi connectivity index (χ0n) is 18.8. The number of likely N-dealkylation sites (tertiary alicyclic amines) is 1. The van der Waals surface area contributed by atoms with Crippen molar-refractivity contribution in [1.29, 1.82) is 0 Å². The van der Waals surface area contributed by atoms with E-state index in [1.54, 1.807) is 7.11 Å². The number of aromatic nitrogens is 4. The lowest BCUT2D eigenvalue weighted by Crippen LogP contribution is -2.33. The molecule has 31 heavy (non-hydrogen) atoms. The van der Waals surface area contributed by atoms with Crippen LogP contribution in [0.3, 0.4) is 0 Å². The van der Waals surface area contributed by atoms with Crippen molar-refractivity contribution in [2.45, 2.75) is 58.1 Å². The zero-order chi connectivity index (χ0) is 21.7. The number of hydrogen-bond acceptors (Lipinski definition) is 6. The maximum Gasteiger partial charge on any atom is 0.150 e. The van der Waals surface area contributed by atoms with Crippen molar-refractivity contribution in [3.8, 4) is 5.75 Å². The Hall–Kier alpha value is -2.42. The van der Waals surface area contributed by atoms with Crippen molar-refractivity contribution in [2.24, 2.45) is 0 Å². The molecule has 8 nitrogen and oxygen atoms in total. The number of β-amino-alcohol motifs (C(OH)–C–C–N with tert-alkyl or cyclic N) is 1. The monoisotopic (exact) mass is 424 g/mol. The van der Waals surface area contributed by atoms with Gasteiger partial charge in [-0.05, 0) is 51.1 Å². The molecule has 1 saturated heterocycles. The molecule has 0 saturated carbocycles. The van der Waals surface area contributed by atoms with Crippen molar-refractivity contribution in [2.75, 3.05) is 27.2 Å². The molecular weight excluding hydrogens is 392 g/mol. The Morgan fingerprint density at radius 3 is 2.84 bits per heavy atom. The molecule has 1 aromatic carbocycles. The minimum Gasteiger partial charge on any atom is -0.497 e. The average molecular weight is 425 g/mol. The lowest BCUT2D eigenvalue weighted by atomic mass is 10.1. The van der Waals surface area contributed by atoms with Crippen LogP contribution in [0.4, 0.5) is 0 Å². The Morgan fingerprint density at radius 2 is 2.06 bits per heavy atom. The molecule has 166 valence electrons. The number of nitrogens with zero attached hydrogens (tertiary/aromatic N) is 6. The lowest BCUT2D eigenvalue weighted by molar-refractivity contribution is 0.172. The van der Waals surface area contributed by atoms with Crippen LogP contribution < -0.4 is 4.74 Å². The van der Waals surface area contributed by atoms with Crippen LogP contribution in [0.15, 0.2) is 24.4 Å². The summed E-state index contributed by atoms with van der Waals surface area (Å²) in [5.74, 6) is 2.87. The summed E-state index contributed by atoms with van der Waals surface area (Å²) in [6, 6.07) is 6.72. The highest BCUT2D eigenvalue weighted by Gasteiger charge is 2.37. The van der Waals surface area contributed by atoms with Gasteiger partial charge in [-0.1, -0.05) is 0 Å². The molecule has 8 heteroatoms. The van der Waals surface area contributed by atoms with Crippen LogP contribution in [0.5, 0.6) is 5.75 Å². The molecule has 0 aliphatic carbocycles. The molecule has 2 aliphatic heterocycles. The Bertz CT molecular complexity index is 1090. The van der Waals surface area contributed by atoms with Gasteiger partial charge in [-0.25, -0.2) is 0 Å². The van der Waals surface area contributed by atoms with Crippen LogP contribution in [0.1, 0.15) is 49.6 Å². The second-order valence-electron chi connectivity index (χ2n) is 9.24. The van der Waals surface area contributed by atoms with E-state index in [-0.39, 0.29) is 12.1 Å². The van der Waals surface area contributed by atoms with Crippen molar-refractivity contribution < 1.29 is 9.84 Å². The molecule has 1 N–H and O–H groups in total. The van der Waals surface area contributed by atoms with E-state index in [1.807, 2.05) is 6.07 Å². The predicted molar refractivity (Wildman–Crippen MR) is 119 cm³/mol. The van der Waals surface area contributed by atoms with Crippen LogP contribution >= 0.6 is 0 Å². The third-order valence-corrected chi connectivity index (χ3v) is 6.70. The Labute approximate surface area is 183 Å². The normalized spacial score (nSPS) is 22.5. The van der Waals surface area contributed by atoms with Crippen molar-refractivity contribution in [1.82, 2.24) is 29.1 Å². The highest BCUT2D eigenvalue weighted by molar-refractivity contribution is 5.85. The van der Waals surface area contributed by atoms with E-state index in [2.05, 4.69) is 68.4 Å². The molecule has 0 amide bonds. The smallest absolute Gasteiger partial charge is 0.150 e. The summed E-state index contributed by atoms with van der Waals surface area (Å²) < 4.78 is 10.1. The molecule has 3 aromatic rings. The zero-order valence-corrected chi connectivity index (χ0v) is 18.8. The maximum absolute atomic E-state index is 10.5. The number of likely N-dealkylation sites (N-methyl/N-ethyl adjacent to an activating group) is 1. The fourth-order valence-electron chi connectivity index (χ4n) is 5.07. The topological polar surface area (TPSA) is 71.6 Å². The van der Waals surface area contributed by atoms with Gasteiger partial charge in [0.15, 0.2) is 5.82 Å². The minimum absolute atomic E-state index is 0.0720. The standard InChI is InChI=1S/C23H32N6O2/c1-15(2)29-12-16(19-10-18(31-4)5-6-20(19)29)11-27-13-17(30)9-21(27)23-25-24-22-14-26(3)7-8-28(22)23/h5-6,10,12,15,17,21,30H,7-9,11,13-14H2,1-4H3/t17-,21-/m0/s1. The fraction of sp³-hybridized carbons (Fsp3) is 0.565. The molecule has 0 radical (unpaired) electrons. The van der Waals surface area contributed by atoms with E-state index in [1.165, 1.54) is 16.5 Å². The summed E-state index contributed by atoms with van der Waals surface area (Å²) in [6.45, 7) is 8.53. The average Bonchev–Trinajstić information content (AvgIpc) is 3.42. The first-order chi connectivity index (χ1) is 14.9. The molecule has 2 atom stereocenters. The summed E-state index contributed by atoms with van der Waals surface area (Å²) >= 11 is 0. The quantitative estimate of drug-likeness (QED) is 0.679. The van der Waals surface area contributed by atoms with E-state index in [4.69, 9.17) is 4.74 Å². The largest absolute Gasteiger partial charge is 0.497 e. The van der Waals surface area contributed by atoms with Crippen molar-refractivity contribution >= 4 is 10.9 Å². The molecule has 0 unspecified atom stereocenters. The summed E-state index contributed by atoms with van der Waals surface area (Å²) in [7, 11) is 3.82. The van der Waals surface area contributed by atoms with Gasteiger partial charge < -0.3 is 19.0 Å². The molecule has 2 aromatic heterocycles. The lowest BCUT2D eigenvalue weighted by Gasteiger charge is -2.27. The number of rotatable bonds is 5. The highest BCUT2D eigenvalue weighted by atomic mass is 16.5. The number of aliphatic hydroxyl groups is 1. The number of ether oxygens (including phenoxy) is 1. The fourth-order valence-corrected chi connectivity index (χ4v) is 5.07. The van der Waals surface area contributed by atoms with Gasteiger partial charge in [0.1, 0.15) is 11.6 Å². The Balaban J connectivity index is 1.50. The second-order valence-corrected chi connectivity index (χ2v) is 9.24. The molecular formula is C23H32N6O2. The number of benzene rings is 1. The summed E-state index contributed by atoms with van der Waals surface area (Å²) in [4.78, 5) is 4.63. The van der Waals surface area contributed by atoms with Crippen molar-refractivity contribution in [3.63, 3.8) is 0 Å². The summed E-state index contributed by atoms with van der Waals surface area (Å²) in [5.41, 5.74) is 2.46. The molecule has 0 spiro atoms. The van der Waals surface area contributed by atoms with Gasteiger partial charge >= 0.3 is 0 Å². The minimum atomic E-state index is -0.350. The van der Waals surface area contributed by atoms with Crippen LogP contribution in [-0.4, -0.2) is 67.6 Å². The Morgan fingerprint density at radius 1 is 1.23 bits per heavy atom. The van der Waals surface area contributed by atoms with E-state index >= 15 is 0 Å². The molecule has 4 heterocycles. The number of aliphatic hydroxyl groups excluding tert-OH is 1. The first-order valence-electron chi connectivity index (χ1n) is 11.1. The van der Waals surface area contributed by atoms with Gasteiger partial charge in [-0.3, -0.25) is 9.80 Å². The molecule has 1 fully saturated rings. The van der Waals surface area contributed by atoms with Crippen LogP contribution in [0, 0.1) is 0 Å². The van der Waals surface area contributed by atoms with Gasteiger partial charge in [-0.2, -0.15) is 0 Å². The highest BCUT2D eigenvalue weighted by Crippen LogP contribution is 2.36. The van der Waals surface area contributed by atoms with E-state index in [9.17, 15) is 5.11 Å².